The summed E-state index contributed by atoms with van der Waals surface area (Å²) in [5.74, 6) is 1.12. The number of nitrogens with one attached hydrogen (secondary N) is 2. The van der Waals surface area contributed by atoms with Crippen LogP contribution in [-0.4, -0.2) is 41.9 Å². The van der Waals surface area contributed by atoms with E-state index in [1.165, 1.54) is 6.20 Å². The molecule has 164 valence electrons. The Kier molecular flexibility index (Phi) is 5.25. The average molecular weight is 455 g/mol. The number of aryl methyl sites for hydroxylation is 2. The van der Waals surface area contributed by atoms with Crippen molar-refractivity contribution in [2.45, 2.75) is 38.8 Å². The lowest BCUT2D eigenvalue weighted by atomic mass is 10.1. The van der Waals surface area contributed by atoms with Crippen LogP contribution in [0.1, 0.15) is 39.7 Å². The molecule has 3 aromatic heterocycles. The second kappa shape index (κ2) is 8.23. The molecule has 0 aliphatic carbocycles. The highest BCUT2D eigenvalue weighted by Gasteiger charge is 2.27. The largest absolute Gasteiger partial charge is 0.347 e. The van der Waals surface area contributed by atoms with Gasteiger partial charge in [-0.15, -0.1) is 11.3 Å². The quantitative estimate of drug-likeness (QED) is 0.477. The molecule has 1 aliphatic heterocycles. The summed E-state index contributed by atoms with van der Waals surface area (Å²) < 4.78 is 28.1. The molecule has 4 aromatic rings. The third-order valence-electron chi connectivity index (χ3n) is 5.37. The summed E-state index contributed by atoms with van der Waals surface area (Å²) in [5, 5.41) is 14.5. The number of hydrogen-bond acceptors (Lipinski definition) is 6. The average Bonchev–Trinajstić information content (AvgIpc) is 3.51. The van der Waals surface area contributed by atoms with Crippen LogP contribution in [0.15, 0.2) is 36.5 Å². The predicted molar refractivity (Wildman–Crippen MR) is 114 cm³/mol. The molecule has 0 spiro atoms. The molecule has 5 rings (SSSR count). The van der Waals surface area contributed by atoms with Gasteiger partial charge in [-0.3, -0.25) is 9.89 Å². The Bertz CT molecular complexity index is 1260. The zero-order valence-electron chi connectivity index (χ0n) is 17.0. The van der Waals surface area contributed by atoms with Crippen LogP contribution in [0, 0.1) is 6.92 Å². The zero-order chi connectivity index (χ0) is 22.2. The highest BCUT2D eigenvalue weighted by molar-refractivity contribution is 7.15. The predicted octanol–water partition coefficient (Wildman–Crippen LogP) is 3.78. The molecule has 0 fully saturated rings. The van der Waals surface area contributed by atoms with Crippen LogP contribution >= 0.6 is 11.3 Å². The van der Waals surface area contributed by atoms with Crippen LogP contribution in [0.3, 0.4) is 0 Å². The molecule has 11 heteroatoms. The van der Waals surface area contributed by atoms with Crippen LogP contribution in [0.25, 0.3) is 22.0 Å². The van der Waals surface area contributed by atoms with E-state index in [2.05, 4.69) is 30.6 Å². The molecule has 0 saturated heterocycles. The summed E-state index contributed by atoms with van der Waals surface area (Å²) in [6.07, 6.45) is 0.0168. The number of benzene rings is 1. The number of fused-ring (bicyclic) bond motifs is 1. The van der Waals surface area contributed by atoms with Gasteiger partial charge in [0.05, 0.1) is 11.8 Å². The van der Waals surface area contributed by atoms with Crippen LogP contribution in [-0.2, 0) is 13.0 Å². The van der Waals surface area contributed by atoms with Crippen molar-refractivity contribution >= 4 is 17.2 Å². The second-order valence-electron chi connectivity index (χ2n) is 7.52. The molecule has 1 unspecified atom stereocenters. The van der Waals surface area contributed by atoms with E-state index in [0.29, 0.717) is 40.7 Å². The smallest absolute Gasteiger partial charge is 0.281 e. The van der Waals surface area contributed by atoms with Crippen molar-refractivity contribution in [3.05, 3.63) is 58.6 Å². The van der Waals surface area contributed by atoms with Gasteiger partial charge >= 0.3 is 0 Å². The highest BCUT2D eigenvalue weighted by atomic mass is 32.1. The first-order chi connectivity index (χ1) is 15.5. The SMILES string of the molecule is Cc1sc(-c2cn[nH]c2C(=O)NC2CCn3nc(-c4ccccc4)nc3C2)nc1C(F)F. The number of alkyl halides is 2. The number of rotatable bonds is 5. The fourth-order valence-corrected chi connectivity index (χ4v) is 4.68. The molecule has 1 aliphatic rings. The summed E-state index contributed by atoms with van der Waals surface area (Å²) in [7, 11) is 0. The first kappa shape index (κ1) is 20.4. The number of amides is 1. The number of carbonyl (C=O) groups is 1. The minimum Gasteiger partial charge on any atom is -0.347 e. The van der Waals surface area contributed by atoms with Gasteiger partial charge in [-0.1, -0.05) is 30.3 Å². The fourth-order valence-electron chi connectivity index (χ4n) is 3.74. The molecule has 1 aromatic carbocycles. The number of carbonyl (C=O) groups excluding carboxylic acids is 1. The number of thiazole rings is 1. The zero-order valence-corrected chi connectivity index (χ0v) is 17.9. The molecular formula is C21H19F2N7OS. The van der Waals surface area contributed by atoms with Gasteiger partial charge in [-0.05, 0) is 13.3 Å². The van der Waals surface area contributed by atoms with Crippen molar-refractivity contribution in [1.82, 2.24) is 35.3 Å². The number of H-pyrrole nitrogens is 1. The summed E-state index contributed by atoms with van der Waals surface area (Å²) in [6.45, 7) is 2.23. The minimum absolute atomic E-state index is 0.131. The Hall–Kier alpha value is -3.47. The summed E-state index contributed by atoms with van der Waals surface area (Å²) in [6, 6.07) is 9.60. The number of nitrogens with zero attached hydrogens (tertiary/aromatic N) is 5. The standard InChI is InChI=1S/C21H19F2N7OS/c1-11-16(18(22)23)27-21(32-11)14-10-24-28-17(14)20(31)25-13-7-8-30-15(9-13)26-19(29-30)12-5-3-2-4-6-12/h2-6,10,13,18H,7-9H2,1H3,(H,24,28)(H,25,31). The Labute approximate surface area is 185 Å². The number of halogens is 2. The van der Waals surface area contributed by atoms with Gasteiger partial charge in [-0.25, -0.2) is 23.4 Å². The van der Waals surface area contributed by atoms with Crippen molar-refractivity contribution in [2.75, 3.05) is 0 Å². The van der Waals surface area contributed by atoms with Crippen molar-refractivity contribution in [3.63, 3.8) is 0 Å². The van der Waals surface area contributed by atoms with Gasteiger partial charge in [0.2, 0.25) is 0 Å². The van der Waals surface area contributed by atoms with Crippen molar-refractivity contribution in [2.24, 2.45) is 0 Å². The number of aromatic amines is 1. The minimum atomic E-state index is -2.66. The van der Waals surface area contributed by atoms with E-state index in [4.69, 9.17) is 0 Å². The normalized spacial score (nSPS) is 15.7. The molecule has 8 nitrogen and oxygen atoms in total. The first-order valence-electron chi connectivity index (χ1n) is 10.1. The van der Waals surface area contributed by atoms with E-state index >= 15 is 0 Å². The van der Waals surface area contributed by atoms with Crippen LogP contribution in [0.2, 0.25) is 0 Å². The van der Waals surface area contributed by atoms with E-state index in [1.54, 1.807) is 6.92 Å². The van der Waals surface area contributed by atoms with E-state index in [0.717, 1.165) is 22.7 Å². The lowest BCUT2D eigenvalue weighted by Gasteiger charge is -2.23. The fraction of sp³-hybridized carbons (Fsp3) is 0.286. The van der Waals surface area contributed by atoms with E-state index in [1.807, 2.05) is 35.0 Å². The van der Waals surface area contributed by atoms with Gasteiger partial charge < -0.3 is 5.32 Å². The lowest BCUT2D eigenvalue weighted by molar-refractivity contribution is 0.0925. The number of hydrogen-bond donors (Lipinski definition) is 2. The van der Waals surface area contributed by atoms with E-state index in [-0.39, 0.29) is 23.3 Å². The van der Waals surface area contributed by atoms with Gasteiger partial charge in [-0.2, -0.15) is 10.2 Å². The van der Waals surface area contributed by atoms with Crippen molar-refractivity contribution in [3.8, 4) is 22.0 Å². The van der Waals surface area contributed by atoms with E-state index < -0.39 is 6.43 Å². The molecule has 1 atom stereocenters. The number of aromatic nitrogens is 6. The molecule has 0 radical (unpaired) electrons. The Morgan fingerprint density at radius 3 is 2.84 bits per heavy atom. The van der Waals surface area contributed by atoms with Crippen LogP contribution in [0.5, 0.6) is 0 Å². The molecule has 0 saturated carbocycles. The molecule has 0 bridgehead atoms. The lowest BCUT2D eigenvalue weighted by Crippen LogP contribution is -2.40. The van der Waals surface area contributed by atoms with Crippen molar-refractivity contribution in [1.29, 1.82) is 0 Å². The molecule has 32 heavy (non-hydrogen) atoms. The molecule has 4 heterocycles. The maximum Gasteiger partial charge on any atom is 0.281 e. The van der Waals surface area contributed by atoms with Crippen LogP contribution < -0.4 is 5.32 Å². The topological polar surface area (TPSA) is 101 Å². The van der Waals surface area contributed by atoms with Gasteiger partial charge in [0, 0.05) is 29.4 Å². The van der Waals surface area contributed by atoms with E-state index in [9.17, 15) is 13.6 Å². The highest BCUT2D eigenvalue weighted by Crippen LogP contribution is 2.33. The maximum absolute atomic E-state index is 13.1. The third kappa shape index (κ3) is 3.79. The van der Waals surface area contributed by atoms with Crippen molar-refractivity contribution < 1.29 is 13.6 Å². The van der Waals surface area contributed by atoms with Gasteiger partial charge in [0.25, 0.3) is 12.3 Å². The maximum atomic E-state index is 13.1. The van der Waals surface area contributed by atoms with Crippen LogP contribution in [0.4, 0.5) is 8.78 Å². The summed E-state index contributed by atoms with van der Waals surface area (Å²) in [4.78, 5) is 22.0. The van der Waals surface area contributed by atoms with Gasteiger partial charge in [0.15, 0.2) is 5.82 Å². The first-order valence-corrected chi connectivity index (χ1v) is 10.9. The Balaban J connectivity index is 1.32. The summed E-state index contributed by atoms with van der Waals surface area (Å²) >= 11 is 1.12. The second-order valence-corrected chi connectivity index (χ2v) is 8.73. The Morgan fingerprint density at radius 1 is 1.28 bits per heavy atom. The van der Waals surface area contributed by atoms with Gasteiger partial charge in [0.1, 0.15) is 22.2 Å². The Morgan fingerprint density at radius 2 is 2.09 bits per heavy atom. The molecule has 1 amide bonds. The molecule has 2 N–H and O–H groups in total. The summed E-state index contributed by atoms with van der Waals surface area (Å²) in [5.41, 5.74) is 1.29. The monoisotopic (exact) mass is 455 g/mol. The molecular weight excluding hydrogens is 436 g/mol. The third-order valence-corrected chi connectivity index (χ3v) is 6.39.